The molecule has 18 heavy (non-hydrogen) atoms. The Kier molecular flexibility index (Phi) is 2.71. The zero-order valence-corrected chi connectivity index (χ0v) is 9.75. The number of fused-ring (bicyclic) bond motifs is 1. The van der Waals surface area contributed by atoms with Crippen LogP contribution >= 0.6 is 0 Å². The zero-order valence-electron chi connectivity index (χ0n) is 9.75. The van der Waals surface area contributed by atoms with E-state index < -0.39 is 0 Å². The van der Waals surface area contributed by atoms with E-state index in [1.165, 1.54) is 6.20 Å². The first-order chi connectivity index (χ1) is 8.79. The molecule has 0 spiro atoms. The number of nitrogens with zero attached hydrogens (tertiary/aromatic N) is 4. The van der Waals surface area contributed by atoms with E-state index in [9.17, 15) is 4.39 Å². The van der Waals surface area contributed by atoms with Crippen molar-refractivity contribution < 1.29 is 9.50 Å². The van der Waals surface area contributed by atoms with Gasteiger partial charge in [0.25, 0.3) is 0 Å². The Bertz CT molecular complexity index is 569. The predicted octanol–water partition coefficient (Wildman–Crippen LogP) is 0.930. The number of anilines is 1. The Hall–Kier alpha value is -1.95. The van der Waals surface area contributed by atoms with Crippen molar-refractivity contribution in [1.82, 2.24) is 14.8 Å². The second kappa shape index (κ2) is 4.38. The average Bonchev–Trinajstić information content (AvgIpc) is 2.92. The highest BCUT2D eigenvalue weighted by Gasteiger charge is 2.25. The third kappa shape index (κ3) is 1.74. The van der Waals surface area contributed by atoms with Crippen LogP contribution in [0.3, 0.4) is 0 Å². The molecule has 0 radical (unpaired) electrons. The largest absolute Gasteiger partial charge is 0.394 e. The molecule has 2 aromatic heterocycles. The summed E-state index contributed by atoms with van der Waals surface area (Å²) in [4.78, 5) is 5.69. The second-order valence-electron chi connectivity index (χ2n) is 4.25. The minimum absolute atomic E-state index is 0.0533. The van der Waals surface area contributed by atoms with Crippen LogP contribution in [-0.4, -0.2) is 26.5 Å². The van der Waals surface area contributed by atoms with Gasteiger partial charge in [0.05, 0.1) is 43.5 Å². The smallest absolute Gasteiger partial charge is 0.164 e. The summed E-state index contributed by atoms with van der Waals surface area (Å²) in [5.41, 5.74) is 2.68. The SMILES string of the molecule is OCCn1ncc2c1CN(c1ccncc1F)C2. The average molecular weight is 248 g/mol. The quantitative estimate of drug-likeness (QED) is 0.878. The third-order valence-corrected chi connectivity index (χ3v) is 3.14. The van der Waals surface area contributed by atoms with Gasteiger partial charge >= 0.3 is 0 Å². The number of rotatable bonds is 3. The maximum Gasteiger partial charge on any atom is 0.164 e. The number of hydrogen-bond acceptors (Lipinski definition) is 4. The summed E-state index contributed by atoms with van der Waals surface area (Å²) < 4.78 is 15.4. The first-order valence-corrected chi connectivity index (χ1v) is 5.78. The Morgan fingerprint density at radius 3 is 3.00 bits per heavy atom. The molecule has 0 amide bonds. The molecule has 0 fully saturated rings. The van der Waals surface area contributed by atoms with Crippen molar-refractivity contribution in [2.45, 2.75) is 19.6 Å². The van der Waals surface area contributed by atoms with Crippen LogP contribution in [0.4, 0.5) is 10.1 Å². The zero-order chi connectivity index (χ0) is 12.5. The number of aliphatic hydroxyl groups is 1. The van der Waals surface area contributed by atoms with Crippen LogP contribution in [0, 0.1) is 5.82 Å². The van der Waals surface area contributed by atoms with E-state index in [-0.39, 0.29) is 12.4 Å². The van der Waals surface area contributed by atoms with Gasteiger partial charge in [-0.15, -0.1) is 0 Å². The van der Waals surface area contributed by atoms with Crippen molar-refractivity contribution in [2.24, 2.45) is 0 Å². The number of hydrogen-bond donors (Lipinski definition) is 1. The minimum atomic E-state index is -0.315. The second-order valence-corrected chi connectivity index (χ2v) is 4.25. The fourth-order valence-electron chi connectivity index (χ4n) is 2.29. The van der Waals surface area contributed by atoms with Crippen molar-refractivity contribution in [3.63, 3.8) is 0 Å². The molecular weight excluding hydrogens is 235 g/mol. The Morgan fingerprint density at radius 1 is 1.33 bits per heavy atom. The molecule has 0 bridgehead atoms. The summed E-state index contributed by atoms with van der Waals surface area (Å²) in [7, 11) is 0. The van der Waals surface area contributed by atoms with Crippen molar-refractivity contribution in [3.8, 4) is 0 Å². The van der Waals surface area contributed by atoms with Gasteiger partial charge in [-0.1, -0.05) is 0 Å². The fourth-order valence-corrected chi connectivity index (χ4v) is 2.29. The van der Waals surface area contributed by atoms with E-state index >= 15 is 0 Å². The maximum absolute atomic E-state index is 13.7. The van der Waals surface area contributed by atoms with Crippen molar-refractivity contribution in [3.05, 3.63) is 41.7 Å². The van der Waals surface area contributed by atoms with Gasteiger partial charge in [-0.25, -0.2) is 4.39 Å². The van der Waals surface area contributed by atoms with E-state index in [2.05, 4.69) is 10.1 Å². The number of aliphatic hydroxyl groups excluding tert-OH is 1. The normalized spacial score (nSPS) is 14.0. The fraction of sp³-hybridized carbons (Fsp3) is 0.333. The standard InChI is InChI=1S/C12H13FN4O/c13-10-6-14-2-1-11(10)16-7-9-5-15-17(3-4-18)12(9)8-16/h1-2,5-6,18H,3-4,7-8H2. The van der Waals surface area contributed by atoms with Crippen LogP contribution < -0.4 is 4.90 Å². The van der Waals surface area contributed by atoms with E-state index in [0.717, 1.165) is 11.3 Å². The molecule has 6 heteroatoms. The number of halogens is 1. The summed E-state index contributed by atoms with van der Waals surface area (Å²) >= 11 is 0. The topological polar surface area (TPSA) is 54.2 Å². The lowest BCUT2D eigenvalue weighted by molar-refractivity contribution is 0.267. The predicted molar refractivity (Wildman–Crippen MR) is 63.4 cm³/mol. The molecule has 0 saturated heterocycles. The highest BCUT2D eigenvalue weighted by molar-refractivity contribution is 5.50. The molecule has 5 nitrogen and oxygen atoms in total. The van der Waals surface area contributed by atoms with E-state index in [1.54, 1.807) is 23.1 Å². The number of pyridine rings is 1. The van der Waals surface area contributed by atoms with Crippen molar-refractivity contribution >= 4 is 5.69 Å². The molecule has 2 aromatic rings. The van der Waals surface area contributed by atoms with Crippen LogP contribution in [-0.2, 0) is 19.6 Å². The van der Waals surface area contributed by atoms with Gasteiger partial charge in [-0.2, -0.15) is 5.10 Å². The highest BCUT2D eigenvalue weighted by Crippen LogP contribution is 2.29. The molecular formula is C12H13FN4O. The minimum Gasteiger partial charge on any atom is -0.394 e. The van der Waals surface area contributed by atoms with E-state index in [4.69, 9.17) is 5.11 Å². The molecule has 3 rings (SSSR count). The van der Waals surface area contributed by atoms with Crippen LogP contribution in [0.1, 0.15) is 11.3 Å². The monoisotopic (exact) mass is 248 g/mol. The Balaban J connectivity index is 1.87. The van der Waals surface area contributed by atoms with E-state index in [1.807, 2.05) is 4.90 Å². The van der Waals surface area contributed by atoms with Crippen LogP contribution in [0.25, 0.3) is 0 Å². The van der Waals surface area contributed by atoms with Crippen molar-refractivity contribution in [2.75, 3.05) is 11.5 Å². The van der Waals surface area contributed by atoms with Gasteiger partial charge in [0.2, 0.25) is 0 Å². The lowest BCUT2D eigenvalue weighted by atomic mass is 10.3. The summed E-state index contributed by atoms with van der Waals surface area (Å²) in [5.74, 6) is -0.315. The molecule has 1 aliphatic rings. The first-order valence-electron chi connectivity index (χ1n) is 5.78. The van der Waals surface area contributed by atoms with Gasteiger partial charge < -0.3 is 10.0 Å². The lowest BCUT2D eigenvalue weighted by Gasteiger charge is -2.18. The molecule has 1 N–H and O–H groups in total. The highest BCUT2D eigenvalue weighted by atomic mass is 19.1. The van der Waals surface area contributed by atoms with Crippen molar-refractivity contribution in [1.29, 1.82) is 0 Å². The van der Waals surface area contributed by atoms with E-state index in [0.29, 0.717) is 25.3 Å². The van der Waals surface area contributed by atoms with Gasteiger partial charge in [-0.05, 0) is 6.07 Å². The Morgan fingerprint density at radius 2 is 2.22 bits per heavy atom. The first kappa shape index (κ1) is 11.2. The van der Waals surface area contributed by atoms with Gasteiger partial charge in [0.15, 0.2) is 5.82 Å². The summed E-state index contributed by atoms with van der Waals surface area (Å²) in [6.45, 7) is 1.78. The number of aromatic nitrogens is 3. The molecule has 0 aromatic carbocycles. The third-order valence-electron chi connectivity index (χ3n) is 3.14. The molecule has 0 saturated carbocycles. The maximum atomic E-state index is 13.7. The molecule has 3 heterocycles. The van der Waals surface area contributed by atoms with Crippen LogP contribution in [0.5, 0.6) is 0 Å². The molecule has 0 unspecified atom stereocenters. The van der Waals surface area contributed by atoms with Gasteiger partial charge in [0, 0.05) is 18.3 Å². The van der Waals surface area contributed by atoms with Crippen LogP contribution in [0.2, 0.25) is 0 Å². The summed E-state index contributed by atoms with van der Waals surface area (Å²) in [5, 5.41) is 13.2. The lowest BCUT2D eigenvalue weighted by Crippen LogP contribution is -2.18. The van der Waals surface area contributed by atoms with Crippen LogP contribution in [0.15, 0.2) is 24.7 Å². The summed E-state index contributed by atoms with van der Waals surface area (Å²) in [6.07, 6.45) is 4.59. The molecule has 1 aliphatic heterocycles. The van der Waals surface area contributed by atoms with Gasteiger partial charge in [0.1, 0.15) is 0 Å². The van der Waals surface area contributed by atoms with Gasteiger partial charge in [-0.3, -0.25) is 9.67 Å². The molecule has 0 aliphatic carbocycles. The Labute approximate surface area is 103 Å². The molecule has 0 atom stereocenters. The summed E-state index contributed by atoms with van der Waals surface area (Å²) in [6, 6.07) is 1.67. The molecule has 94 valence electrons.